The lowest BCUT2D eigenvalue weighted by atomic mass is 10.2. The predicted molar refractivity (Wildman–Crippen MR) is 66.0 cm³/mol. The number of nitrogens with zero attached hydrogens (tertiary/aromatic N) is 3. The van der Waals surface area contributed by atoms with Gasteiger partial charge in [0.05, 0.1) is 12.6 Å². The number of amides is 1. The maximum absolute atomic E-state index is 11.2. The van der Waals surface area contributed by atoms with Gasteiger partial charge in [-0.05, 0) is 19.8 Å². The van der Waals surface area contributed by atoms with Gasteiger partial charge in [-0.2, -0.15) is 0 Å². The fourth-order valence-corrected chi connectivity index (χ4v) is 2.99. The molecular weight excluding hydrogens is 230 g/mol. The Labute approximate surface area is 106 Å². The van der Waals surface area contributed by atoms with E-state index in [1.165, 1.54) is 25.7 Å². The molecule has 6 nitrogen and oxygen atoms in total. The molecule has 1 unspecified atom stereocenters. The van der Waals surface area contributed by atoms with Gasteiger partial charge in [0.25, 0.3) is 0 Å². The number of nitrogens with one attached hydrogen (secondary N) is 2. The van der Waals surface area contributed by atoms with Crippen LogP contribution in [0.3, 0.4) is 0 Å². The van der Waals surface area contributed by atoms with Gasteiger partial charge in [0.1, 0.15) is 5.82 Å². The topological polar surface area (TPSA) is 71.8 Å². The Balaban J connectivity index is 1.85. The van der Waals surface area contributed by atoms with Crippen LogP contribution in [0.1, 0.15) is 49.4 Å². The summed E-state index contributed by atoms with van der Waals surface area (Å²) in [5, 5.41) is 14.6. The Hall–Kier alpha value is -1.43. The minimum atomic E-state index is 0.0508. The summed E-state index contributed by atoms with van der Waals surface area (Å²) in [5.74, 6) is 2.00. The van der Waals surface area contributed by atoms with Crippen LogP contribution in [0.25, 0.3) is 0 Å². The standard InChI is InChI=1S/C12H19N5O/c1-8-15-16-12(10-6-14-11(18)7-13-10)17(8)9-4-2-3-5-9/h9-10,13H,2-7H2,1H3,(H,14,18). The molecule has 98 valence electrons. The van der Waals surface area contributed by atoms with Crippen molar-refractivity contribution in [3.05, 3.63) is 11.6 Å². The van der Waals surface area contributed by atoms with Crippen molar-refractivity contribution in [3.63, 3.8) is 0 Å². The number of hydrogen-bond acceptors (Lipinski definition) is 4. The Morgan fingerprint density at radius 1 is 1.28 bits per heavy atom. The van der Waals surface area contributed by atoms with E-state index in [-0.39, 0.29) is 11.9 Å². The summed E-state index contributed by atoms with van der Waals surface area (Å²) < 4.78 is 2.27. The summed E-state index contributed by atoms with van der Waals surface area (Å²) in [5.41, 5.74) is 0. The van der Waals surface area contributed by atoms with E-state index in [0.717, 1.165) is 11.6 Å². The molecule has 2 N–H and O–H groups in total. The lowest BCUT2D eigenvalue weighted by Crippen LogP contribution is -2.47. The molecule has 18 heavy (non-hydrogen) atoms. The van der Waals surface area contributed by atoms with Crippen molar-refractivity contribution >= 4 is 5.91 Å². The van der Waals surface area contributed by atoms with Gasteiger partial charge in [0, 0.05) is 12.6 Å². The second-order valence-corrected chi connectivity index (χ2v) is 5.15. The Kier molecular flexibility index (Phi) is 3.03. The van der Waals surface area contributed by atoms with E-state index < -0.39 is 0 Å². The van der Waals surface area contributed by atoms with E-state index in [1.54, 1.807) is 0 Å². The minimum Gasteiger partial charge on any atom is -0.353 e. The van der Waals surface area contributed by atoms with Crippen molar-refractivity contribution in [1.29, 1.82) is 0 Å². The highest BCUT2D eigenvalue weighted by Crippen LogP contribution is 2.32. The fraction of sp³-hybridized carbons (Fsp3) is 0.750. The molecule has 0 spiro atoms. The van der Waals surface area contributed by atoms with Crippen LogP contribution in [0.5, 0.6) is 0 Å². The number of piperazine rings is 1. The second kappa shape index (κ2) is 4.68. The number of carbonyl (C=O) groups is 1. The average Bonchev–Trinajstić information content (AvgIpc) is 2.99. The fourth-order valence-electron chi connectivity index (χ4n) is 2.99. The van der Waals surface area contributed by atoms with Gasteiger partial charge >= 0.3 is 0 Å². The molecule has 1 atom stereocenters. The molecule has 0 bridgehead atoms. The van der Waals surface area contributed by atoms with Gasteiger partial charge in [0.15, 0.2) is 5.82 Å². The molecule has 1 aliphatic carbocycles. The molecule has 1 aromatic heterocycles. The molecule has 0 radical (unpaired) electrons. The normalized spacial score (nSPS) is 25.4. The molecule has 0 aromatic carbocycles. The van der Waals surface area contributed by atoms with Gasteiger partial charge in [0.2, 0.25) is 5.91 Å². The molecular formula is C12H19N5O. The van der Waals surface area contributed by atoms with Crippen LogP contribution in [0, 0.1) is 6.92 Å². The van der Waals surface area contributed by atoms with E-state index in [9.17, 15) is 4.79 Å². The monoisotopic (exact) mass is 249 g/mol. The lowest BCUT2D eigenvalue weighted by Gasteiger charge is -2.25. The van der Waals surface area contributed by atoms with Gasteiger partial charge in [-0.25, -0.2) is 0 Å². The van der Waals surface area contributed by atoms with Crippen molar-refractivity contribution in [2.45, 2.75) is 44.7 Å². The number of hydrogen-bond donors (Lipinski definition) is 2. The van der Waals surface area contributed by atoms with Crippen LogP contribution in [0.4, 0.5) is 0 Å². The molecule has 1 saturated carbocycles. The van der Waals surface area contributed by atoms with Gasteiger partial charge in [-0.3, -0.25) is 10.1 Å². The SMILES string of the molecule is Cc1nnc(C2CNC(=O)CN2)n1C1CCCC1. The van der Waals surface area contributed by atoms with Crippen molar-refractivity contribution in [1.82, 2.24) is 25.4 Å². The van der Waals surface area contributed by atoms with Crippen LogP contribution in [-0.2, 0) is 4.79 Å². The molecule has 2 fully saturated rings. The molecule has 2 aliphatic rings. The molecule has 1 amide bonds. The average molecular weight is 249 g/mol. The zero-order chi connectivity index (χ0) is 12.5. The van der Waals surface area contributed by atoms with Crippen molar-refractivity contribution < 1.29 is 4.79 Å². The lowest BCUT2D eigenvalue weighted by molar-refractivity contribution is -0.121. The first-order chi connectivity index (χ1) is 8.75. The quantitative estimate of drug-likeness (QED) is 0.799. The second-order valence-electron chi connectivity index (χ2n) is 5.15. The Morgan fingerprint density at radius 3 is 2.72 bits per heavy atom. The first kappa shape index (κ1) is 11.6. The van der Waals surface area contributed by atoms with Crippen LogP contribution in [0.2, 0.25) is 0 Å². The third-order valence-electron chi connectivity index (χ3n) is 3.91. The summed E-state index contributed by atoms with van der Waals surface area (Å²) in [6, 6.07) is 0.624. The third-order valence-corrected chi connectivity index (χ3v) is 3.91. The highest BCUT2D eigenvalue weighted by molar-refractivity contribution is 5.78. The first-order valence-corrected chi connectivity index (χ1v) is 6.67. The van der Waals surface area contributed by atoms with Gasteiger partial charge in [-0.1, -0.05) is 12.8 Å². The highest BCUT2D eigenvalue weighted by atomic mass is 16.2. The van der Waals surface area contributed by atoms with Crippen LogP contribution in [0.15, 0.2) is 0 Å². The largest absolute Gasteiger partial charge is 0.353 e. The molecule has 3 rings (SSSR count). The Bertz CT molecular complexity index is 439. The Morgan fingerprint density at radius 2 is 2.06 bits per heavy atom. The smallest absolute Gasteiger partial charge is 0.234 e. The molecule has 6 heteroatoms. The van der Waals surface area contributed by atoms with Crippen molar-refractivity contribution in [3.8, 4) is 0 Å². The number of rotatable bonds is 2. The summed E-state index contributed by atoms with van der Waals surface area (Å²) in [4.78, 5) is 11.2. The molecule has 2 heterocycles. The van der Waals surface area contributed by atoms with Crippen LogP contribution >= 0.6 is 0 Å². The van der Waals surface area contributed by atoms with E-state index in [2.05, 4.69) is 25.4 Å². The predicted octanol–water partition coefficient (Wildman–Crippen LogP) is 0.462. The van der Waals surface area contributed by atoms with Crippen molar-refractivity contribution in [2.24, 2.45) is 0 Å². The van der Waals surface area contributed by atoms with Gasteiger partial charge in [-0.15, -0.1) is 10.2 Å². The summed E-state index contributed by atoms with van der Waals surface area (Å²) >= 11 is 0. The van der Waals surface area contributed by atoms with E-state index in [1.807, 2.05) is 6.92 Å². The first-order valence-electron chi connectivity index (χ1n) is 6.67. The third kappa shape index (κ3) is 2.01. The molecule has 1 saturated heterocycles. The maximum atomic E-state index is 11.2. The molecule has 1 aliphatic heterocycles. The minimum absolute atomic E-state index is 0.0508. The van der Waals surface area contributed by atoms with E-state index in [0.29, 0.717) is 19.1 Å². The number of aryl methyl sites for hydroxylation is 1. The zero-order valence-electron chi connectivity index (χ0n) is 10.6. The molecule has 1 aromatic rings. The van der Waals surface area contributed by atoms with Crippen LogP contribution in [-0.4, -0.2) is 33.8 Å². The zero-order valence-corrected chi connectivity index (χ0v) is 10.6. The summed E-state index contributed by atoms with van der Waals surface area (Å²) in [6.07, 6.45) is 5.00. The van der Waals surface area contributed by atoms with Crippen molar-refractivity contribution in [2.75, 3.05) is 13.1 Å². The summed E-state index contributed by atoms with van der Waals surface area (Å²) in [6.45, 7) is 2.97. The summed E-state index contributed by atoms with van der Waals surface area (Å²) in [7, 11) is 0. The van der Waals surface area contributed by atoms with Gasteiger partial charge < -0.3 is 9.88 Å². The van der Waals surface area contributed by atoms with Crippen LogP contribution < -0.4 is 10.6 Å². The highest BCUT2D eigenvalue weighted by Gasteiger charge is 2.28. The maximum Gasteiger partial charge on any atom is 0.234 e. The number of carbonyl (C=O) groups excluding carboxylic acids is 1. The van der Waals surface area contributed by atoms with E-state index >= 15 is 0 Å². The van der Waals surface area contributed by atoms with E-state index in [4.69, 9.17) is 0 Å². The number of aromatic nitrogens is 3.